The van der Waals surface area contributed by atoms with Gasteiger partial charge in [0.05, 0.1) is 25.8 Å². The van der Waals surface area contributed by atoms with Crippen LogP contribution in [-0.4, -0.2) is 49.3 Å². The van der Waals surface area contributed by atoms with E-state index in [1.165, 1.54) is 12.8 Å². The van der Waals surface area contributed by atoms with Gasteiger partial charge in [0.15, 0.2) is 0 Å². The summed E-state index contributed by atoms with van der Waals surface area (Å²) < 4.78 is 17.2. The minimum Gasteiger partial charge on any atom is -0.503 e. The molecule has 0 spiro atoms. The van der Waals surface area contributed by atoms with E-state index in [4.69, 9.17) is 20.8 Å². The van der Waals surface area contributed by atoms with E-state index in [1.54, 1.807) is 80.0 Å². The number of ether oxygens (including phenoxy) is 3. The standard InChI is InChI=1S/C30H29N5O4/c1-31-27-19-25-26(20-29(27)38-18-17-35-15-3-4-16-35)32-14-13-28(25)39-24-11-7-22(8-12-24)34-30(36)33-21-5-9-23(37-2)10-6-21/h5-14,19-20H,3-4,15-18H2,2H3,(H2,33,34,36). The third-order valence-corrected chi connectivity index (χ3v) is 6.45. The van der Waals surface area contributed by atoms with Gasteiger partial charge in [0.2, 0.25) is 5.69 Å². The van der Waals surface area contributed by atoms with Crippen molar-refractivity contribution >= 4 is 34.0 Å². The number of carbonyl (C=O) groups is 1. The zero-order chi connectivity index (χ0) is 27.0. The van der Waals surface area contributed by atoms with Crippen molar-refractivity contribution < 1.29 is 19.0 Å². The first-order valence-electron chi connectivity index (χ1n) is 12.8. The molecule has 198 valence electrons. The molecule has 0 aliphatic carbocycles. The molecule has 2 amide bonds. The lowest BCUT2D eigenvalue weighted by Crippen LogP contribution is -2.25. The molecule has 0 saturated carbocycles. The van der Waals surface area contributed by atoms with Crippen LogP contribution in [0.4, 0.5) is 21.9 Å². The first kappa shape index (κ1) is 25.8. The van der Waals surface area contributed by atoms with Crippen LogP contribution >= 0.6 is 0 Å². The number of hydrogen-bond acceptors (Lipinski definition) is 6. The molecular weight excluding hydrogens is 494 g/mol. The SMILES string of the molecule is [C-]#[N+]c1cc2c(Oc3ccc(NC(=O)Nc4ccc(OC)cc4)cc3)ccnc2cc1OCCN1CCCC1. The normalized spacial score (nSPS) is 13.0. The van der Waals surface area contributed by atoms with E-state index in [-0.39, 0.29) is 6.03 Å². The number of amides is 2. The molecule has 4 aromatic rings. The van der Waals surface area contributed by atoms with Gasteiger partial charge in [0, 0.05) is 29.5 Å². The number of hydrogen-bond donors (Lipinski definition) is 2. The quantitative estimate of drug-likeness (QED) is 0.237. The largest absolute Gasteiger partial charge is 0.503 e. The number of benzene rings is 3. The van der Waals surface area contributed by atoms with E-state index in [0.29, 0.717) is 52.2 Å². The second kappa shape index (κ2) is 12.2. The fraction of sp³-hybridized carbons (Fsp3) is 0.233. The molecule has 2 heterocycles. The van der Waals surface area contributed by atoms with Crippen LogP contribution in [0.2, 0.25) is 0 Å². The molecule has 0 unspecified atom stereocenters. The van der Waals surface area contributed by atoms with Crippen molar-refractivity contribution in [3.8, 4) is 23.0 Å². The molecule has 0 atom stereocenters. The molecule has 1 saturated heterocycles. The Morgan fingerprint density at radius 2 is 1.62 bits per heavy atom. The Morgan fingerprint density at radius 1 is 0.949 bits per heavy atom. The maximum Gasteiger partial charge on any atom is 0.323 e. The number of urea groups is 1. The summed E-state index contributed by atoms with van der Waals surface area (Å²) in [4.78, 5) is 22.9. The molecule has 1 aromatic heterocycles. The lowest BCUT2D eigenvalue weighted by Gasteiger charge is -2.16. The summed E-state index contributed by atoms with van der Waals surface area (Å²) in [6.07, 6.45) is 4.13. The molecule has 0 radical (unpaired) electrons. The average Bonchev–Trinajstić information content (AvgIpc) is 3.48. The molecule has 1 aliphatic rings. The molecule has 3 aromatic carbocycles. The molecular formula is C30H29N5O4. The van der Waals surface area contributed by atoms with Gasteiger partial charge >= 0.3 is 6.03 Å². The highest BCUT2D eigenvalue weighted by molar-refractivity contribution is 5.99. The monoisotopic (exact) mass is 523 g/mol. The Labute approximate surface area is 227 Å². The fourth-order valence-corrected chi connectivity index (χ4v) is 4.42. The topological polar surface area (TPSA) is 89.3 Å². The summed E-state index contributed by atoms with van der Waals surface area (Å²) in [6, 6.07) is 19.1. The number of anilines is 2. The predicted molar refractivity (Wildman–Crippen MR) is 151 cm³/mol. The van der Waals surface area contributed by atoms with Gasteiger partial charge in [-0.05, 0) is 92.7 Å². The first-order chi connectivity index (χ1) is 19.1. The summed E-state index contributed by atoms with van der Waals surface area (Å²) in [7, 11) is 1.59. The maximum atomic E-state index is 12.4. The Balaban J connectivity index is 1.23. The maximum absolute atomic E-state index is 12.4. The van der Waals surface area contributed by atoms with Crippen LogP contribution in [0.25, 0.3) is 15.7 Å². The van der Waals surface area contributed by atoms with Gasteiger partial charge < -0.3 is 24.8 Å². The van der Waals surface area contributed by atoms with E-state index in [1.807, 2.05) is 0 Å². The number of nitrogens with zero attached hydrogens (tertiary/aromatic N) is 3. The second-order valence-electron chi connectivity index (χ2n) is 9.09. The molecule has 9 nitrogen and oxygen atoms in total. The zero-order valence-electron chi connectivity index (χ0n) is 21.6. The smallest absolute Gasteiger partial charge is 0.323 e. The third-order valence-electron chi connectivity index (χ3n) is 6.45. The summed E-state index contributed by atoms with van der Waals surface area (Å²) in [5.41, 5.74) is 2.37. The zero-order valence-corrected chi connectivity index (χ0v) is 21.6. The highest BCUT2D eigenvalue weighted by atomic mass is 16.5. The summed E-state index contributed by atoms with van der Waals surface area (Å²) in [6.45, 7) is 11.2. The number of rotatable bonds is 9. The number of methoxy groups -OCH3 is 1. The van der Waals surface area contributed by atoms with Gasteiger partial charge in [-0.2, -0.15) is 0 Å². The van der Waals surface area contributed by atoms with Crippen LogP contribution in [0.5, 0.6) is 23.0 Å². The minimum atomic E-state index is -0.362. The Morgan fingerprint density at radius 3 is 2.26 bits per heavy atom. The molecule has 2 N–H and O–H groups in total. The predicted octanol–water partition coefficient (Wildman–Crippen LogP) is 6.71. The molecule has 9 heteroatoms. The van der Waals surface area contributed by atoms with Crippen LogP contribution in [0.1, 0.15) is 12.8 Å². The van der Waals surface area contributed by atoms with Gasteiger partial charge in [-0.3, -0.25) is 9.88 Å². The molecule has 1 fully saturated rings. The van der Waals surface area contributed by atoms with Gasteiger partial charge in [0.25, 0.3) is 0 Å². The highest BCUT2D eigenvalue weighted by Gasteiger charge is 2.14. The molecule has 0 bridgehead atoms. The Bertz CT molecular complexity index is 1480. The van der Waals surface area contributed by atoms with E-state index < -0.39 is 0 Å². The van der Waals surface area contributed by atoms with E-state index in [2.05, 4.69) is 25.4 Å². The third kappa shape index (κ3) is 6.55. The van der Waals surface area contributed by atoms with Crippen LogP contribution in [0.15, 0.2) is 72.9 Å². The van der Waals surface area contributed by atoms with Crippen LogP contribution in [0, 0.1) is 6.57 Å². The summed E-state index contributed by atoms with van der Waals surface area (Å²) in [5, 5.41) is 6.30. The Hall–Kier alpha value is -4.81. The Kier molecular flexibility index (Phi) is 8.05. The van der Waals surface area contributed by atoms with Gasteiger partial charge in [-0.1, -0.05) is 0 Å². The number of fused-ring (bicyclic) bond motifs is 1. The highest BCUT2D eigenvalue weighted by Crippen LogP contribution is 2.37. The van der Waals surface area contributed by atoms with Crippen molar-refractivity contribution in [2.45, 2.75) is 12.8 Å². The molecule has 1 aliphatic heterocycles. The fourth-order valence-electron chi connectivity index (χ4n) is 4.42. The average molecular weight is 524 g/mol. The molecule has 5 rings (SSSR count). The van der Waals surface area contributed by atoms with Crippen molar-refractivity contribution in [3.05, 3.63) is 84.3 Å². The van der Waals surface area contributed by atoms with Crippen molar-refractivity contribution in [2.24, 2.45) is 0 Å². The number of aromatic nitrogens is 1. The van der Waals surface area contributed by atoms with Crippen LogP contribution in [0.3, 0.4) is 0 Å². The summed E-state index contributed by atoms with van der Waals surface area (Å²) >= 11 is 0. The molecule has 39 heavy (non-hydrogen) atoms. The van der Waals surface area contributed by atoms with Crippen molar-refractivity contribution in [2.75, 3.05) is 44.0 Å². The first-order valence-corrected chi connectivity index (χ1v) is 12.8. The van der Waals surface area contributed by atoms with Crippen molar-refractivity contribution in [1.29, 1.82) is 0 Å². The van der Waals surface area contributed by atoms with Gasteiger partial charge in [0.1, 0.15) is 23.0 Å². The van der Waals surface area contributed by atoms with Crippen LogP contribution in [-0.2, 0) is 0 Å². The summed E-state index contributed by atoms with van der Waals surface area (Å²) in [5.74, 6) is 2.40. The minimum absolute atomic E-state index is 0.362. The van der Waals surface area contributed by atoms with E-state index >= 15 is 0 Å². The number of likely N-dealkylation sites (tertiary alicyclic amines) is 1. The lowest BCUT2D eigenvalue weighted by molar-refractivity contribution is 0.239. The van der Waals surface area contributed by atoms with Crippen molar-refractivity contribution in [3.63, 3.8) is 0 Å². The number of nitrogens with one attached hydrogen (secondary N) is 2. The second-order valence-corrected chi connectivity index (χ2v) is 9.09. The van der Waals surface area contributed by atoms with Crippen LogP contribution < -0.4 is 24.8 Å². The number of carbonyl (C=O) groups excluding carboxylic acids is 1. The van der Waals surface area contributed by atoms with Gasteiger partial charge in [-0.15, -0.1) is 0 Å². The van der Waals surface area contributed by atoms with Crippen molar-refractivity contribution in [1.82, 2.24) is 9.88 Å². The number of pyridine rings is 1. The van der Waals surface area contributed by atoms with E-state index in [9.17, 15) is 4.79 Å². The lowest BCUT2D eigenvalue weighted by atomic mass is 10.1. The van der Waals surface area contributed by atoms with Gasteiger partial charge in [-0.25, -0.2) is 9.64 Å². The van der Waals surface area contributed by atoms with E-state index in [0.717, 1.165) is 25.0 Å².